The van der Waals surface area contributed by atoms with Gasteiger partial charge in [0, 0.05) is 23.9 Å². The number of methoxy groups -OCH3 is 1. The third kappa shape index (κ3) is 3.42. The molecule has 0 radical (unpaired) electrons. The fraction of sp³-hybridized carbons (Fsp3) is 0.458. The van der Waals surface area contributed by atoms with Crippen LogP contribution in [0.4, 0.5) is 0 Å². The van der Waals surface area contributed by atoms with Crippen LogP contribution in [0, 0.1) is 0 Å². The number of carbonyl (C=O) groups excluding carboxylic acids is 1. The van der Waals surface area contributed by atoms with Crippen molar-refractivity contribution in [1.29, 1.82) is 0 Å². The number of benzene rings is 1. The first kappa shape index (κ1) is 20.9. The van der Waals surface area contributed by atoms with E-state index in [1.54, 1.807) is 13.2 Å². The van der Waals surface area contributed by atoms with Crippen molar-refractivity contribution in [1.82, 2.24) is 4.90 Å². The molecule has 5 nitrogen and oxygen atoms in total. The van der Waals surface area contributed by atoms with E-state index in [-0.39, 0.29) is 23.6 Å². The van der Waals surface area contributed by atoms with Crippen LogP contribution in [0.3, 0.4) is 0 Å². The van der Waals surface area contributed by atoms with Crippen molar-refractivity contribution in [3.8, 4) is 11.5 Å². The number of rotatable bonds is 6. The lowest BCUT2D eigenvalue weighted by Gasteiger charge is -2.36. The Labute approximate surface area is 182 Å². The minimum absolute atomic E-state index is 0.170. The summed E-state index contributed by atoms with van der Waals surface area (Å²) in [6, 6.07) is 5.91. The predicted octanol–water partition coefficient (Wildman–Crippen LogP) is 4.80. The van der Waals surface area contributed by atoms with E-state index in [2.05, 4.69) is 31.5 Å². The maximum atomic E-state index is 12.4. The van der Waals surface area contributed by atoms with Gasteiger partial charge in [0.05, 0.1) is 18.1 Å². The van der Waals surface area contributed by atoms with Gasteiger partial charge in [0.1, 0.15) is 12.2 Å². The summed E-state index contributed by atoms with van der Waals surface area (Å²) in [7, 11) is 3.82. The van der Waals surface area contributed by atoms with Crippen LogP contribution >= 0.6 is 11.3 Å². The third-order valence-electron chi connectivity index (χ3n) is 6.38. The predicted molar refractivity (Wildman–Crippen MR) is 119 cm³/mol. The molecule has 160 valence electrons. The SMILES string of the molecule is C=C(C)[C@@]12CCN(C)Cc3ccc(OC)c(c31)OC2C[C@H](C)OC(=O)c1ccsc1. The number of hydrogen-bond acceptors (Lipinski definition) is 6. The van der Waals surface area contributed by atoms with E-state index in [0.29, 0.717) is 12.0 Å². The minimum atomic E-state index is -0.326. The van der Waals surface area contributed by atoms with E-state index < -0.39 is 0 Å². The molecule has 3 atom stereocenters. The first-order chi connectivity index (χ1) is 14.4. The van der Waals surface area contributed by atoms with Gasteiger partial charge in [-0.15, -0.1) is 0 Å². The molecule has 30 heavy (non-hydrogen) atoms. The number of carbonyl (C=O) groups is 1. The maximum Gasteiger partial charge on any atom is 0.339 e. The smallest absolute Gasteiger partial charge is 0.339 e. The highest BCUT2D eigenvalue weighted by atomic mass is 32.1. The van der Waals surface area contributed by atoms with Crippen LogP contribution < -0.4 is 9.47 Å². The Morgan fingerprint density at radius 3 is 2.90 bits per heavy atom. The lowest BCUT2D eigenvalue weighted by Crippen LogP contribution is -2.42. The Hall–Kier alpha value is -2.31. The fourth-order valence-corrected chi connectivity index (χ4v) is 5.49. The van der Waals surface area contributed by atoms with Crippen LogP contribution in [0.1, 0.15) is 48.2 Å². The zero-order valence-electron chi connectivity index (χ0n) is 18.1. The van der Waals surface area contributed by atoms with Crippen molar-refractivity contribution < 1.29 is 19.0 Å². The molecular weight excluding hydrogens is 398 g/mol. The van der Waals surface area contributed by atoms with Gasteiger partial charge in [-0.05, 0) is 56.9 Å². The first-order valence-electron chi connectivity index (χ1n) is 10.3. The molecular formula is C24H29NO4S. The Bertz CT molecular complexity index is 954. The largest absolute Gasteiger partial charge is 0.493 e. The average molecular weight is 428 g/mol. The summed E-state index contributed by atoms with van der Waals surface area (Å²) >= 11 is 1.49. The number of ether oxygens (including phenoxy) is 3. The van der Waals surface area contributed by atoms with Crippen molar-refractivity contribution in [2.24, 2.45) is 0 Å². The summed E-state index contributed by atoms with van der Waals surface area (Å²) in [5.41, 5.74) is 3.79. The number of nitrogens with zero attached hydrogens (tertiary/aromatic N) is 1. The second-order valence-electron chi connectivity index (χ2n) is 8.44. The van der Waals surface area contributed by atoms with Crippen LogP contribution in [-0.4, -0.2) is 43.8 Å². The molecule has 6 heteroatoms. The summed E-state index contributed by atoms with van der Waals surface area (Å²) in [5.74, 6) is 1.27. The highest BCUT2D eigenvalue weighted by Crippen LogP contribution is 2.56. The van der Waals surface area contributed by atoms with Crippen molar-refractivity contribution in [3.05, 3.63) is 57.8 Å². The van der Waals surface area contributed by atoms with Crippen molar-refractivity contribution in [2.75, 3.05) is 20.7 Å². The molecule has 0 saturated heterocycles. The minimum Gasteiger partial charge on any atom is -0.493 e. The Balaban J connectivity index is 1.68. The Morgan fingerprint density at radius 1 is 1.43 bits per heavy atom. The molecule has 0 aliphatic carbocycles. The summed E-state index contributed by atoms with van der Waals surface area (Å²) in [6.07, 6.45) is 1.03. The van der Waals surface area contributed by atoms with Crippen LogP contribution in [0.25, 0.3) is 0 Å². The molecule has 1 unspecified atom stereocenters. The topological polar surface area (TPSA) is 48.0 Å². The maximum absolute atomic E-state index is 12.4. The second-order valence-corrected chi connectivity index (χ2v) is 9.22. The number of esters is 1. The highest BCUT2D eigenvalue weighted by Gasteiger charge is 2.53. The van der Waals surface area contributed by atoms with Crippen molar-refractivity contribution >= 4 is 17.3 Å². The molecule has 3 heterocycles. The zero-order valence-corrected chi connectivity index (χ0v) is 18.9. The standard InChI is InChI=1S/C24H29NO4S/c1-15(2)24-9-10-25(4)13-17-6-7-19(27-5)22(21(17)24)29-20(24)12-16(3)28-23(26)18-8-11-30-14-18/h6-8,11,14,16,20H,1,9-10,12-13H2,2-5H3/t16-,20?,24+/m0/s1. The molecule has 0 amide bonds. The molecule has 0 spiro atoms. The van der Waals surface area contributed by atoms with Gasteiger partial charge in [-0.2, -0.15) is 11.3 Å². The third-order valence-corrected chi connectivity index (χ3v) is 7.07. The van der Waals surface area contributed by atoms with Gasteiger partial charge in [0.2, 0.25) is 0 Å². The van der Waals surface area contributed by atoms with Gasteiger partial charge >= 0.3 is 5.97 Å². The zero-order chi connectivity index (χ0) is 21.5. The van der Waals surface area contributed by atoms with E-state index in [4.69, 9.17) is 14.2 Å². The molecule has 0 saturated carbocycles. The van der Waals surface area contributed by atoms with E-state index in [9.17, 15) is 4.79 Å². The van der Waals surface area contributed by atoms with E-state index in [0.717, 1.165) is 36.6 Å². The molecule has 2 aromatic rings. The summed E-state index contributed by atoms with van der Waals surface area (Å²) in [4.78, 5) is 14.8. The number of thiophene rings is 1. The van der Waals surface area contributed by atoms with Crippen LogP contribution in [0.2, 0.25) is 0 Å². The van der Waals surface area contributed by atoms with Crippen molar-refractivity contribution in [2.45, 2.75) is 50.9 Å². The van der Waals surface area contributed by atoms with Crippen LogP contribution in [0.5, 0.6) is 11.5 Å². The summed E-state index contributed by atoms with van der Waals surface area (Å²) in [5, 5.41) is 3.69. The van der Waals surface area contributed by atoms with Gasteiger partial charge in [-0.3, -0.25) is 0 Å². The van der Waals surface area contributed by atoms with Gasteiger partial charge in [-0.1, -0.05) is 18.2 Å². The molecule has 0 N–H and O–H groups in total. The molecule has 2 aliphatic heterocycles. The molecule has 4 rings (SSSR count). The fourth-order valence-electron chi connectivity index (χ4n) is 4.86. The van der Waals surface area contributed by atoms with Gasteiger partial charge < -0.3 is 19.1 Å². The van der Waals surface area contributed by atoms with E-state index in [1.807, 2.05) is 23.8 Å². The van der Waals surface area contributed by atoms with Gasteiger partial charge in [-0.25, -0.2) is 4.79 Å². The van der Waals surface area contributed by atoms with E-state index >= 15 is 0 Å². The molecule has 0 fully saturated rings. The van der Waals surface area contributed by atoms with Gasteiger partial charge in [0.15, 0.2) is 11.5 Å². The van der Waals surface area contributed by atoms with Gasteiger partial charge in [0.25, 0.3) is 0 Å². The van der Waals surface area contributed by atoms with E-state index in [1.165, 1.54) is 22.5 Å². The molecule has 2 aliphatic rings. The lowest BCUT2D eigenvalue weighted by molar-refractivity contribution is 0.0180. The molecule has 1 aromatic carbocycles. The Morgan fingerprint density at radius 2 is 2.23 bits per heavy atom. The Kier molecular flexibility index (Phi) is 5.64. The summed E-state index contributed by atoms with van der Waals surface area (Å²) < 4.78 is 17.9. The molecule has 1 aromatic heterocycles. The normalized spacial score (nSPS) is 23.8. The lowest BCUT2D eigenvalue weighted by atomic mass is 9.67. The summed E-state index contributed by atoms with van der Waals surface area (Å²) in [6.45, 7) is 10.2. The van der Waals surface area contributed by atoms with Crippen molar-refractivity contribution in [3.63, 3.8) is 0 Å². The average Bonchev–Trinajstić information content (AvgIpc) is 3.30. The number of hydrogen-bond donors (Lipinski definition) is 0. The highest BCUT2D eigenvalue weighted by molar-refractivity contribution is 7.08. The quantitative estimate of drug-likeness (QED) is 0.489. The first-order valence-corrected chi connectivity index (χ1v) is 11.3. The van der Waals surface area contributed by atoms with Crippen LogP contribution in [-0.2, 0) is 16.7 Å². The van der Waals surface area contributed by atoms with Crippen LogP contribution in [0.15, 0.2) is 41.1 Å². The second kappa shape index (κ2) is 8.08. The molecule has 0 bridgehead atoms. The monoisotopic (exact) mass is 427 g/mol.